The smallest absolute Gasteiger partial charge is 0.286 e. The zero-order chi connectivity index (χ0) is 25.8. The van der Waals surface area contributed by atoms with E-state index in [2.05, 4.69) is 5.32 Å². The van der Waals surface area contributed by atoms with Gasteiger partial charge in [-0.1, -0.05) is 23.8 Å². The molecule has 2 atom stereocenters. The zero-order valence-electron chi connectivity index (χ0n) is 21.9. The van der Waals surface area contributed by atoms with Gasteiger partial charge in [0.05, 0.1) is 10.7 Å². The highest BCUT2D eigenvalue weighted by Crippen LogP contribution is 2.43. The maximum absolute atomic E-state index is 11.9. The Morgan fingerprint density at radius 1 is 1.23 bits per heavy atom. The van der Waals surface area contributed by atoms with Crippen LogP contribution in [0.1, 0.15) is 46.6 Å². The number of ether oxygens (including phenoxy) is 2. The van der Waals surface area contributed by atoms with Crippen LogP contribution >= 0.6 is 11.8 Å². The van der Waals surface area contributed by atoms with E-state index in [0.717, 1.165) is 34.0 Å². The molecule has 7 heteroatoms. The first-order valence-corrected chi connectivity index (χ1v) is 11.0. The maximum atomic E-state index is 11.9. The summed E-state index contributed by atoms with van der Waals surface area (Å²) in [7, 11) is 0. The molecule has 0 aromatic heterocycles. The minimum Gasteiger partial charge on any atom is -0.507 e. The first-order valence-electron chi connectivity index (χ1n) is 12.1. The molecule has 164 valence electrons. The third-order valence-electron chi connectivity index (χ3n) is 5.92. The van der Waals surface area contributed by atoms with Crippen LogP contribution in [0.25, 0.3) is 0 Å². The number of hydrogen-bond donors (Lipinski definition) is 2. The minimum atomic E-state index is -0.800. The molecule has 2 amide bonds. The second kappa shape index (κ2) is 8.11. The summed E-state index contributed by atoms with van der Waals surface area (Å²) < 4.78 is 45.7. The van der Waals surface area contributed by atoms with Crippen molar-refractivity contribution in [2.45, 2.75) is 57.8 Å². The summed E-state index contributed by atoms with van der Waals surface area (Å²) in [6.45, 7) is 7.44. The Balaban J connectivity index is 1.58. The van der Waals surface area contributed by atoms with Crippen LogP contribution in [0, 0.1) is 20.8 Å². The van der Waals surface area contributed by atoms with Crippen LogP contribution in [-0.2, 0) is 17.6 Å². The van der Waals surface area contributed by atoms with E-state index in [1.165, 1.54) is 0 Å². The van der Waals surface area contributed by atoms with Gasteiger partial charge in [0.25, 0.3) is 5.24 Å². The standard InChI is InChI=1S/C24H27NO5S/c1-13-14(2)21-18(15(3)20(13)26)9-10-24(4,30-21)12-29-17-7-5-16(6-8-17)11-19-22(27)25-23(28)31-19/h5-8,19,26H,9-12H2,1-4H3,(H,25,27,28)/i5D,6D,7D,8D. The molecule has 0 spiro atoms. The van der Waals surface area contributed by atoms with E-state index < -0.39 is 22.0 Å². The number of carbonyl (C=O) groups is 2. The SMILES string of the molecule is [2H]c1c([2H])c(OCC2(C)CCc3c(C)c(O)c(C)c(C)c3O2)c([2H])c([2H])c1CC1SC(=O)NC1=O. The third kappa shape index (κ3) is 4.24. The van der Waals surface area contributed by atoms with Gasteiger partial charge >= 0.3 is 0 Å². The molecule has 0 radical (unpaired) electrons. The lowest BCUT2D eigenvalue weighted by molar-refractivity contribution is -0.118. The number of carbonyl (C=O) groups excluding carboxylic acids is 2. The van der Waals surface area contributed by atoms with Gasteiger partial charge in [0.1, 0.15) is 29.5 Å². The monoisotopic (exact) mass is 445 g/mol. The molecule has 2 heterocycles. The second-order valence-electron chi connectivity index (χ2n) is 8.27. The van der Waals surface area contributed by atoms with Crippen molar-refractivity contribution in [2.24, 2.45) is 0 Å². The van der Waals surface area contributed by atoms with Gasteiger partial charge in [0.15, 0.2) is 0 Å². The molecular formula is C24H27NO5S. The Hall–Kier alpha value is -2.67. The molecule has 2 aliphatic heterocycles. The Kier molecular flexibility index (Phi) is 4.44. The van der Waals surface area contributed by atoms with Crippen molar-refractivity contribution in [1.29, 1.82) is 0 Å². The molecule has 2 N–H and O–H groups in total. The Morgan fingerprint density at radius 3 is 2.58 bits per heavy atom. The average molecular weight is 446 g/mol. The lowest BCUT2D eigenvalue weighted by atomic mass is 9.87. The predicted molar refractivity (Wildman–Crippen MR) is 120 cm³/mol. The van der Waals surface area contributed by atoms with Crippen molar-refractivity contribution in [2.75, 3.05) is 6.61 Å². The van der Waals surface area contributed by atoms with Crippen molar-refractivity contribution in [3.8, 4) is 17.2 Å². The van der Waals surface area contributed by atoms with Gasteiger partial charge in [-0.15, -0.1) is 0 Å². The van der Waals surface area contributed by atoms with E-state index in [4.69, 9.17) is 15.0 Å². The quantitative estimate of drug-likeness (QED) is 0.711. The average Bonchev–Trinajstić information content (AvgIpc) is 3.14. The first-order chi connectivity index (χ1) is 16.3. The first kappa shape index (κ1) is 17.0. The van der Waals surface area contributed by atoms with Crippen LogP contribution < -0.4 is 14.8 Å². The highest BCUT2D eigenvalue weighted by atomic mass is 32.2. The molecule has 2 aromatic rings. The van der Waals surface area contributed by atoms with Crippen LogP contribution in [0.3, 0.4) is 0 Å². The van der Waals surface area contributed by atoms with Crippen molar-refractivity contribution < 1.29 is 29.7 Å². The zero-order valence-corrected chi connectivity index (χ0v) is 18.7. The molecule has 1 saturated heterocycles. The van der Waals surface area contributed by atoms with Gasteiger partial charge in [-0.3, -0.25) is 14.9 Å². The van der Waals surface area contributed by atoms with E-state index >= 15 is 0 Å². The summed E-state index contributed by atoms with van der Waals surface area (Å²) >= 11 is 0.777. The summed E-state index contributed by atoms with van der Waals surface area (Å²) in [6.07, 6.45) is 1.13. The third-order valence-corrected chi connectivity index (χ3v) is 6.91. The number of hydrogen-bond acceptors (Lipinski definition) is 6. The Labute approximate surface area is 191 Å². The van der Waals surface area contributed by atoms with E-state index in [1.54, 1.807) is 0 Å². The molecule has 2 aromatic carbocycles. The number of aromatic hydroxyl groups is 1. The predicted octanol–water partition coefficient (Wildman–Crippen LogP) is 4.37. The largest absolute Gasteiger partial charge is 0.507 e. The fourth-order valence-corrected chi connectivity index (χ4v) is 4.67. The van der Waals surface area contributed by atoms with Gasteiger partial charge in [0.2, 0.25) is 5.91 Å². The maximum Gasteiger partial charge on any atom is 0.286 e. The highest BCUT2D eigenvalue weighted by molar-refractivity contribution is 8.15. The van der Waals surface area contributed by atoms with Gasteiger partial charge in [0, 0.05) is 5.56 Å². The topological polar surface area (TPSA) is 84.9 Å². The van der Waals surface area contributed by atoms with Gasteiger partial charge < -0.3 is 14.6 Å². The summed E-state index contributed by atoms with van der Waals surface area (Å²) in [4.78, 5) is 23.4. The number of thioether (sulfide) groups is 1. The van der Waals surface area contributed by atoms with Crippen LogP contribution in [-0.4, -0.2) is 33.7 Å². The van der Waals surface area contributed by atoms with E-state index in [9.17, 15) is 14.7 Å². The number of nitrogens with one attached hydrogen (secondary N) is 1. The van der Waals surface area contributed by atoms with E-state index in [1.807, 2.05) is 27.7 Å². The number of phenolic OH excluding ortho intramolecular Hbond substituents is 1. The molecule has 2 aliphatic rings. The van der Waals surface area contributed by atoms with Crippen molar-refractivity contribution in [1.82, 2.24) is 5.32 Å². The Morgan fingerprint density at radius 2 is 1.94 bits per heavy atom. The van der Waals surface area contributed by atoms with E-state index in [-0.39, 0.29) is 54.3 Å². The Bertz CT molecular complexity index is 1240. The van der Waals surface area contributed by atoms with Gasteiger partial charge in [-0.2, -0.15) is 0 Å². The summed E-state index contributed by atoms with van der Waals surface area (Å²) in [6, 6.07) is -1.29. The second-order valence-corrected chi connectivity index (χ2v) is 9.44. The normalized spacial score (nSPS) is 24.5. The summed E-state index contributed by atoms with van der Waals surface area (Å²) in [5.74, 6) is 0.279. The number of phenols is 1. The molecular weight excluding hydrogens is 414 g/mol. The van der Waals surface area contributed by atoms with Gasteiger partial charge in [-0.25, -0.2) is 0 Å². The summed E-state index contributed by atoms with van der Waals surface area (Å²) in [5, 5.41) is 11.3. The number of imide groups is 1. The number of benzene rings is 2. The molecule has 0 bridgehead atoms. The van der Waals surface area contributed by atoms with Crippen molar-refractivity contribution in [3.05, 3.63) is 52.0 Å². The van der Waals surface area contributed by atoms with Crippen LogP contribution in [0.4, 0.5) is 4.79 Å². The number of rotatable bonds is 5. The molecule has 2 unspecified atom stereocenters. The van der Waals surface area contributed by atoms with Crippen LogP contribution in [0.2, 0.25) is 0 Å². The lowest BCUT2D eigenvalue weighted by Crippen LogP contribution is -2.42. The van der Waals surface area contributed by atoms with Gasteiger partial charge in [-0.05, 0) is 81.3 Å². The fourth-order valence-electron chi connectivity index (χ4n) is 3.84. The minimum absolute atomic E-state index is 0.00375. The molecule has 0 aliphatic carbocycles. The molecule has 31 heavy (non-hydrogen) atoms. The highest BCUT2D eigenvalue weighted by Gasteiger charge is 2.35. The van der Waals surface area contributed by atoms with Crippen LogP contribution in [0.5, 0.6) is 17.2 Å². The molecule has 6 nitrogen and oxygen atoms in total. The molecule has 0 saturated carbocycles. The fraction of sp³-hybridized carbons (Fsp3) is 0.417. The molecule has 4 rings (SSSR count). The number of fused-ring (bicyclic) bond motifs is 1. The molecule has 1 fully saturated rings. The number of amides is 2. The van der Waals surface area contributed by atoms with Crippen molar-refractivity contribution in [3.63, 3.8) is 0 Å². The van der Waals surface area contributed by atoms with Crippen LogP contribution in [0.15, 0.2) is 24.2 Å². The van der Waals surface area contributed by atoms with E-state index in [0.29, 0.717) is 18.6 Å². The van der Waals surface area contributed by atoms with Crippen molar-refractivity contribution >= 4 is 22.9 Å². The lowest BCUT2D eigenvalue weighted by Gasteiger charge is -2.37. The summed E-state index contributed by atoms with van der Waals surface area (Å²) in [5.41, 5.74) is 2.60.